The van der Waals surface area contributed by atoms with Crippen LogP contribution in [0.15, 0.2) is 58.4 Å². The largest absolute Gasteiger partial charge is 0.241 e. The van der Waals surface area contributed by atoms with Crippen LogP contribution in [0.25, 0.3) is 11.3 Å². The summed E-state index contributed by atoms with van der Waals surface area (Å²) in [4.78, 5) is 4.65. The number of rotatable bonds is 3. The molecule has 3 rings (SSSR count). The number of benzene rings is 2. The van der Waals surface area contributed by atoms with E-state index in [2.05, 4.69) is 26.3 Å². The van der Waals surface area contributed by atoms with Gasteiger partial charge in [-0.1, -0.05) is 46.3 Å². The van der Waals surface area contributed by atoms with Crippen LogP contribution >= 0.6 is 27.3 Å². The van der Waals surface area contributed by atoms with E-state index in [-0.39, 0.29) is 5.82 Å². The molecule has 0 atom stereocenters. The van der Waals surface area contributed by atoms with Crippen molar-refractivity contribution in [1.82, 2.24) is 4.98 Å². The lowest BCUT2D eigenvalue weighted by molar-refractivity contribution is 0.627. The molecule has 0 N–H and O–H groups in total. The summed E-state index contributed by atoms with van der Waals surface area (Å²) in [6, 6.07) is 14.6. The van der Waals surface area contributed by atoms with Crippen molar-refractivity contribution in [3.05, 3.63) is 74.8 Å². The predicted octanol–water partition coefficient (Wildman–Crippen LogP) is 5.30. The molecule has 1 heterocycles. The van der Waals surface area contributed by atoms with E-state index in [9.17, 15) is 4.39 Å². The number of aromatic nitrogens is 1. The van der Waals surface area contributed by atoms with Gasteiger partial charge in [0.2, 0.25) is 0 Å². The summed E-state index contributed by atoms with van der Waals surface area (Å²) in [5, 5.41) is 3.08. The Morgan fingerprint density at radius 3 is 2.55 bits per heavy atom. The first-order valence-electron chi connectivity index (χ1n) is 6.16. The lowest BCUT2D eigenvalue weighted by Gasteiger charge is -2.00. The summed E-state index contributed by atoms with van der Waals surface area (Å²) in [6.07, 6.45) is 0.732. The van der Waals surface area contributed by atoms with Gasteiger partial charge in [0.1, 0.15) is 5.82 Å². The van der Waals surface area contributed by atoms with E-state index in [1.54, 1.807) is 23.5 Å². The highest BCUT2D eigenvalue weighted by Crippen LogP contribution is 2.29. The van der Waals surface area contributed by atoms with Crippen molar-refractivity contribution >= 4 is 27.3 Å². The number of thiazole rings is 1. The fourth-order valence-electron chi connectivity index (χ4n) is 1.96. The van der Waals surface area contributed by atoms with Crippen molar-refractivity contribution in [1.29, 1.82) is 0 Å². The lowest BCUT2D eigenvalue weighted by atomic mass is 10.1. The second-order valence-electron chi connectivity index (χ2n) is 4.41. The van der Waals surface area contributed by atoms with Crippen LogP contribution in [0.5, 0.6) is 0 Å². The van der Waals surface area contributed by atoms with Crippen LogP contribution < -0.4 is 0 Å². The van der Waals surface area contributed by atoms with Crippen molar-refractivity contribution in [3.8, 4) is 11.3 Å². The maximum absolute atomic E-state index is 12.9. The van der Waals surface area contributed by atoms with E-state index >= 15 is 0 Å². The maximum atomic E-state index is 12.9. The summed E-state index contributed by atoms with van der Waals surface area (Å²) >= 11 is 5.17. The fraction of sp³-hybridized carbons (Fsp3) is 0.0625. The number of hydrogen-bond acceptors (Lipinski definition) is 2. The molecule has 0 aliphatic heterocycles. The number of halogens is 2. The van der Waals surface area contributed by atoms with Gasteiger partial charge in [-0.05, 0) is 23.8 Å². The third-order valence-corrected chi connectivity index (χ3v) is 4.51. The molecule has 2 aromatic carbocycles. The average Bonchev–Trinajstić information content (AvgIpc) is 2.90. The van der Waals surface area contributed by atoms with Crippen molar-refractivity contribution < 1.29 is 4.39 Å². The number of nitrogens with zero attached hydrogens (tertiary/aromatic N) is 1. The molecule has 0 saturated carbocycles. The normalized spacial score (nSPS) is 10.7. The van der Waals surface area contributed by atoms with Gasteiger partial charge in [0.25, 0.3) is 0 Å². The molecule has 20 heavy (non-hydrogen) atoms. The van der Waals surface area contributed by atoms with Crippen LogP contribution in [0.1, 0.15) is 10.6 Å². The quantitative estimate of drug-likeness (QED) is 0.626. The van der Waals surface area contributed by atoms with E-state index in [4.69, 9.17) is 0 Å². The highest BCUT2D eigenvalue weighted by Gasteiger charge is 2.08. The Morgan fingerprint density at radius 2 is 1.80 bits per heavy atom. The van der Waals surface area contributed by atoms with Gasteiger partial charge in [-0.2, -0.15) is 0 Å². The maximum Gasteiger partial charge on any atom is 0.123 e. The predicted molar refractivity (Wildman–Crippen MR) is 84.5 cm³/mol. The first-order chi connectivity index (χ1) is 9.72. The van der Waals surface area contributed by atoms with Gasteiger partial charge in [0, 0.05) is 21.8 Å². The van der Waals surface area contributed by atoms with Crippen LogP contribution in [0.3, 0.4) is 0 Å². The Hall–Kier alpha value is -1.52. The Labute approximate surface area is 129 Å². The van der Waals surface area contributed by atoms with Gasteiger partial charge >= 0.3 is 0 Å². The van der Waals surface area contributed by atoms with Crippen molar-refractivity contribution in [2.24, 2.45) is 0 Å². The zero-order chi connectivity index (χ0) is 13.9. The molecule has 0 saturated heterocycles. The van der Waals surface area contributed by atoms with E-state index in [1.165, 1.54) is 12.1 Å². The molecule has 100 valence electrons. The first kappa shape index (κ1) is 13.5. The van der Waals surface area contributed by atoms with E-state index < -0.39 is 0 Å². The summed E-state index contributed by atoms with van der Waals surface area (Å²) in [5.41, 5.74) is 3.13. The van der Waals surface area contributed by atoms with Crippen LogP contribution in [0.2, 0.25) is 0 Å². The molecule has 0 amide bonds. The van der Waals surface area contributed by atoms with Crippen molar-refractivity contribution in [3.63, 3.8) is 0 Å². The summed E-state index contributed by atoms with van der Waals surface area (Å²) < 4.78 is 13.9. The first-order valence-corrected chi connectivity index (χ1v) is 7.83. The van der Waals surface area contributed by atoms with E-state index in [0.717, 1.165) is 32.7 Å². The molecule has 0 unspecified atom stereocenters. The molecular formula is C16H11BrFNS. The Bertz CT molecular complexity index is 721. The minimum atomic E-state index is -0.207. The third kappa shape index (κ3) is 2.97. The van der Waals surface area contributed by atoms with Crippen molar-refractivity contribution in [2.75, 3.05) is 0 Å². The molecule has 0 aliphatic carbocycles. The minimum absolute atomic E-state index is 0.207. The summed E-state index contributed by atoms with van der Waals surface area (Å²) in [6.45, 7) is 0. The minimum Gasteiger partial charge on any atom is -0.241 e. The van der Waals surface area contributed by atoms with Crippen molar-refractivity contribution in [2.45, 2.75) is 6.42 Å². The summed E-state index contributed by atoms with van der Waals surface area (Å²) in [5.74, 6) is -0.207. The smallest absolute Gasteiger partial charge is 0.123 e. The molecule has 1 nitrogen and oxygen atoms in total. The second-order valence-corrected chi connectivity index (χ2v) is 6.21. The van der Waals surface area contributed by atoms with Gasteiger partial charge in [0.15, 0.2) is 0 Å². The second kappa shape index (κ2) is 5.85. The van der Waals surface area contributed by atoms with Gasteiger partial charge in [0.05, 0.1) is 10.7 Å². The molecule has 0 bridgehead atoms. The Balaban J connectivity index is 1.84. The zero-order valence-corrected chi connectivity index (χ0v) is 12.9. The Morgan fingerprint density at radius 1 is 1.05 bits per heavy atom. The van der Waals surface area contributed by atoms with E-state index in [1.807, 2.05) is 24.3 Å². The molecule has 3 aromatic rings. The Kier molecular flexibility index (Phi) is 3.94. The van der Waals surface area contributed by atoms with Gasteiger partial charge in [-0.15, -0.1) is 11.3 Å². The van der Waals surface area contributed by atoms with Crippen LogP contribution in [0, 0.1) is 5.82 Å². The molecular weight excluding hydrogens is 337 g/mol. The van der Waals surface area contributed by atoms with Gasteiger partial charge in [-0.3, -0.25) is 0 Å². The standard InChI is InChI=1S/C16H11BrFNS/c17-14-4-2-1-3-13(14)15-10-20-16(19-15)9-11-5-7-12(18)8-6-11/h1-8,10H,9H2. The molecule has 0 aliphatic rings. The number of hydrogen-bond donors (Lipinski definition) is 0. The van der Waals surface area contributed by atoms with E-state index in [0.29, 0.717) is 0 Å². The zero-order valence-electron chi connectivity index (χ0n) is 10.5. The van der Waals surface area contributed by atoms with Crippen LogP contribution in [0.4, 0.5) is 4.39 Å². The summed E-state index contributed by atoms with van der Waals surface area (Å²) in [7, 11) is 0. The molecule has 1 aromatic heterocycles. The highest BCUT2D eigenvalue weighted by molar-refractivity contribution is 9.10. The molecule has 0 fully saturated rings. The van der Waals surface area contributed by atoms with Crippen LogP contribution in [-0.2, 0) is 6.42 Å². The topological polar surface area (TPSA) is 12.9 Å². The molecule has 0 radical (unpaired) electrons. The van der Waals surface area contributed by atoms with Crippen LogP contribution in [-0.4, -0.2) is 4.98 Å². The monoisotopic (exact) mass is 347 g/mol. The lowest BCUT2D eigenvalue weighted by Crippen LogP contribution is -1.88. The molecule has 4 heteroatoms. The van der Waals surface area contributed by atoms with Gasteiger partial charge in [-0.25, -0.2) is 9.37 Å². The molecule has 0 spiro atoms. The fourth-order valence-corrected chi connectivity index (χ4v) is 3.28. The SMILES string of the molecule is Fc1ccc(Cc2nc(-c3ccccc3Br)cs2)cc1. The highest BCUT2D eigenvalue weighted by atomic mass is 79.9. The van der Waals surface area contributed by atoms with Gasteiger partial charge < -0.3 is 0 Å². The third-order valence-electron chi connectivity index (χ3n) is 2.97. The average molecular weight is 348 g/mol.